The zero-order chi connectivity index (χ0) is 11.8. The van der Waals surface area contributed by atoms with Crippen LogP contribution in [0.5, 0.6) is 0 Å². The summed E-state index contributed by atoms with van der Waals surface area (Å²) in [6.07, 6.45) is 0. The van der Waals surface area contributed by atoms with Crippen LogP contribution in [0.15, 0.2) is 48.5 Å². The molecule has 2 nitrogen and oxygen atoms in total. The van der Waals surface area contributed by atoms with Crippen LogP contribution in [0.1, 0.15) is 0 Å². The van der Waals surface area contributed by atoms with Gasteiger partial charge >= 0.3 is 0 Å². The second kappa shape index (κ2) is 4.02. The number of aromatic amines is 1. The maximum atomic E-state index is 5.89. The molecule has 17 heavy (non-hydrogen) atoms. The average Bonchev–Trinajstić information content (AvgIpc) is 2.66. The van der Waals surface area contributed by atoms with E-state index in [2.05, 4.69) is 4.98 Å². The summed E-state index contributed by atoms with van der Waals surface area (Å²) in [6, 6.07) is 15.7. The van der Waals surface area contributed by atoms with Crippen molar-refractivity contribution in [2.45, 2.75) is 0 Å². The summed E-state index contributed by atoms with van der Waals surface area (Å²) in [4.78, 5) is 3.18. The highest BCUT2D eigenvalue weighted by Crippen LogP contribution is 2.20. The van der Waals surface area contributed by atoms with E-state index in [-0.39, 0.29) is 0 Å². The van der Waals surface area contributed by atoms with E-state index in [4.69, 9.17) is 23.8 Å². The summed E-state index contributed by atoms with van der Waals surface area (Å²) < 4.78 is 2.69. The Balaban J connectivity index is 2.33. The fourth-order valence-corrected chi connectivity index (χ4v) is 2.34. The molecule has 0 saturated heterocycles. The van der Waals surface area contributed by atoms with Gasteiger partial charge in [0.2, 0.25) is 0 Å². The van der Waals surface area contributed by atoms with Gasteiger partial charge in [-0.15, -0.1) is 0 Å². The van der Waals surface area contributed by atoms with Crippen LogP contribution >= 0.6 is 23.8 Å². The van der Waals surface area contributed by atoms with E-state index in [0.29, 0.717) is 4.77 Å². The van der Waals surface area contributed by atoms with Crippen LogP contribution in [0.4, 0.5) is 0 Å². The number of H-pyrrole nitrogens is 1. The summed E-state index contributed by atoms with van der Waals surface area (Å²) >= 11 is 11.2. The maximum absolute atomic E-state index is 5.89. The second-order valence-corrected chi connectivity index (χ2v) is 4.58. The molecule has 1 heterocycles. The minimum atomic E-state index is 0.688. The number of hydrogen-bond acceptors (Lipinski definition) is 1. The first-order valence-corrected chi connectivity index (χ1v) is 6.00. The molecule has 0 fully saturated rings. The Morgan fingerprint density at radius 2 is 1.71 bits per heavy atom. The normalized spacial score (nSPS) is 10.9. The number of aromatic nitrogens is 2. The summed E-state index contributed by atoms with van der Waals surface area (Å²) in [7, 11) is 0. The molecule has 3 rings (SSSR count). The molecule has 1 aromatic heterocycles. The number of halogens is 1. The standard InChI is InChI=1S/C13H9ClN2S/c14-9-5-7-10(8-6-9)16-12-4-2-1-3-11(12)15-13(16)17/h1-8H,(H,15,17). The number of fused-ring (bicyclic) bond motifs is 1. The van der Waals surface area contributed by atoms with Crippen molar-refractivity contribution in [2.75, 3.05) is 0 Å². The van der Waals surface area contributed by atoms with Crippen LogP contribution in [0, 0.1) is 4.77 Å². The summed E-state index contributed by atoms with van der Waals surface area (Å²) in [5.41, 5.74) is 3.11. The molecule has 0 atom stereocenters. The highest BCUT2D eigenvalue weighted by molar-refractivity contribution is 7.71. The smallest absolute Gasteiger partial charge is 0.182 e. The number of imidazole rings is 1. The molecule has 0 amide bonds. The number of nitrogens with zero attached hydrogens (tertiary/aromatic N) is 1. The first kappa shape index (κ1) is 10.6. The van der Waals surface area contributed by atoms with Gasteiger partial charge in [0.1, 0.15) is 0 Å². The molecule has 0 bridgehead atoms. The zero-order valence-electron chi connectivity index (χ0n) is 8.85. The van der Waals surface area contributed by atoms with Gasteiger partial charge in [0, 0.05) is 10.7 Å². The van der Waals surface area contributed by atoms with Gasteiger partial charge in [-0.2, -0.15) is 0 Å². The first-order valence-electron chi connectivity index (χ1n) is 5.21. The minimum absolute atomic E-state index is 0.688. The fourth-order valence-electron chi connectivity index (χ4n) is 1.90. The molecule has 3 aromatic rings. The number of para-hydroxylation sites is 2. The molecular weight excluding hydrogens is 252 g/mol. The number of benzene rings is 2. The molecule has 0 aliphatic heterocycles. The van der Waals surface area contributed by atoms with Crippen molar-refractivity contribution in [3.8, 4) is 5.69 Å². The van der Waals surface area contributed by atoms with Gasteiger partial charge in [-0.1, -0.05) is 23.7 Å². The van der Waals surface area contributed by atoms with Crippen molar-refractivity contribution >= 4 is 34.9 Å². The van der Waals surface area contributed by atoms with Crippen molar-refractivity contribution in [1.82, 2.24) is 9.55 Å². The van der Waals surface area contributed by atoms with Crippen LogP contribution in [-0.2, 0) is 0 Å². The molecule has 0 unspecified atom stereocenters. The van der Waals surface area contributed by atoms with E-state index in [1.54, 1.807) is 0 Å². The molecule has 0 radical (unpaired) electrons. The molecule has 0 saturated carbocycles. The van der Waals surface area contributed by atoms with Crippen LogP contribution in [0.3, 0.4) is 0 Å². The summed E-state index contributed by atoms with van der Waals surface area (Å²) in [6.45, 7) is 0. The van der Waals surface area contributed by atoms with Crippen LogP contribution < -0.4 is 0 Å². The molecule has 0 aliphatic carbocycles. The van der Waals surface area contributed by atoms with Gasteiger partial charge in [-0.05, 0) is 48.6 Å². The first-order chi connectivity index (χ1) is 8.25. The van der Waals surface area contributed by atoms with Crippen molar-refractivity contribution in [2.24, 2.45) is 0 Å². The lowest BCUT2D eigenvalue weighted by atomic mass is 10.3. The summed E-state index contributed by atoms with van der Waals surface area (Å²) in [5, 5.41) is 0.722. The third-order valence-corrected chi connectivity index (χ3v) is 3.21. The number of hydrogen-bond donors (Lipinski definition) is 1. The molecule has 84 valence electrons. The molecule has 0 aliphatic rings. The number of rotatable bonds is 1. The van der Waals surface area contributed by atoms with Crippen molar-refractivity contribution in [1.29, 1.82) is 0 Å². The molecule has 0 spiro atoms. The van der Waals surface area contributed by atoms with Gasteiger partial charge in [-0.3, -0.25) is 4.57 Å². The van der Waals surface area contributed by atoms with E-state index in [0.717, 1.165) is 21.7 Å². The molecule has 1 N–H and O–H groups in total. The van der Waals surface area contributed by atoms with E-state index < -0.39 is 0 Å². The SMILES string of the molecule is S=c1[nH]c2ccccc2n1-c1ccc(Cl)cc1. The van der Waals surface area contributed by atoms with Gasteiger partial charge in [0.05, 0.1) is 11.0 Å². The topological polar surface area (TPSA) is 20.7 Å². The zero-order valence-corrected chi connectivity index (χ0v) is 10.4. The third kappa shape index (κ3) is 1.77. The van der Waals surface area contributed by atoms with E-state index in [9.17, 15) is 0 Å². The Hall–Kier alpha value is -1.58. The van der Waals surface area contributed by atoms with Crippen molar-refractivity contribution in [3.63, 3.8) is 0 Å². The number of nitrogens with one attached hydrogen (secondary N) is 1. The quantitative estimate of drug-likeness (QED) is 0.646. The monoisotopic (exact) mass is 260 g/mol. The summed E-state index contributed by atoms with van der Waals surface area (Å²) in [5.74, 6) is 0. The predicted molar refractivity (Wildman–Crippen MR) is 73.5 cm³/mol. The Morgan fingerprint density at radius 3 is 2.47 bits per heavy atom. The van der Waals surface area contributed by atoms with Gasteiger partial charge in [-0.25, -0.2) is 0 Å². The van der Waals surface area contributed by atoms with E-state index >= 15 is 0 Å². The lowest BCUT2D eigenvalue weighted by molar-refractivity contribution is 1.07. The van der Waals surface area contributed by atoms with Crippen LogP contribution in [-0.4, -0.2) is 9.55 Å². The lowest BCUT2D eigenvalue weighted by Gasteiger charge is -2.04. The Kier molecular flexibility index (Phi) is 2.50. The van der Waals surface area contributed by atoms with Gasteiger partial charge in [0.25, 0.3) is 0 Å². The predicted octanol–water partition coefficient (Wildman–Crippen LogP) is 4.34. The largest absolute Gasteiger partial charge is 0.330 e. The van der Waals surface area contributed by atoms with Gasteiger partial charge in [0.15, 0.2) is 4.77 Å². The minimum Gasteiger partial charge on any atom is -0.330 e. The Morgan fingerprint density at radius 1 is 1.00 bits per heavy atom. The lowest BCUT2D eigenvalue weighted by Crippen LogP contribution is -1.92. The molecule has 2 aromatic carbocycles. The Labute approximate surface area is 108 Å². The Bertz CT molecular complexity index is 725. The van der Waals surface area contributed by atoms with Crippen molar-refractivity contribution < 1.29 is 0 Å². The fraction of sp³-hybridized carbons (Fsp3) is 0. The highest BCUT2D eigenvalue weighted by Gasteiger charge is 2.05. The maximum Gasteiger partial charge on any atom is 0.182 e. The second-order valence-electron chi connectivity index (χ2n) is 3.76. The van der Waals surface area contributed by atoms with Crippen molar-refractivity contribution in [3.05, 3.63) is 58.3 Å². The molecular formula is C13H9ClN2S. The molecule has 4 heteroatoms. The third-order valence-electron chi connectivity index (χ3n) is 2.67. The van der Waals surface area contributed by atoms with Crippen LogP contribution in [0.25, 0.3) is 16.7 Å². The van der Waals surface area contributed by atoms with E-state index in [1.165, 1.54) is 0 Å². The highest BCUT2D eigenvalue weighted by atomic mass is 35.5. The van der Waals surface area contributed by atoms with E-state index in [1.807, 2.05) is 53.1 Å². The van der Waals surface area contributed by atoms with Gasteiger partial charge < -0.3 is 4.98 Å². The van der Waals surface area contributed by atoms with Crippen LogP contribution in [0.2, 0.25) is 5.02 Å². The average molecular weight is 261 g/mol.